The molecule has 0 bridgehead atoms. The molecule has 2 rings (SSSR count). The number of hydrogen-bond acceptors (Lipinski definition) is 3. The molecule has 0 saturated heterocycles. The molecule has 1 heterocycles. The van der Waals surface area contributed by atoms with Gasteiger partial charge >= 0.3 is 12.0 Å². The lowest BCUT2D eigenvalue weighted by Gasteiger charge is -2.39. The fourth-order valence-corrected chi connectivity index (χ4v) is 2.82. The van der Waals surface area contributed by atoms with Crippen molar-refractivity contribution in [1.82, 2.24) is 5.32 Å². The third-order valence-electron chi connectivity index (χ3n) is 4.03. The summed E-state index contributed by atoms with van der Waals surface area (Å²) in [5.74, 6) is -1.80. The fraction of sp³-hybridized carbons (Fsp3) is 0.471. The largest absolute Gasteiger partial charge is 0.480 e. The Balaban J connectivity index is 2.41. The summed E-state index contributed by atoms with van der Waals surface area (Å²) in [5.41, 5.74) is 1.09. The van der Waals surface area contributed by atoms with Crippen molar-refractivity contribution in [2.75, 3.05) is 10.2 Å². The molecule has 0 spiro atoms. The molecule has 1 aromatic carbocycles. The molecule has 1 aromatic rings. The van der Waals surface area contributed by atoms with Crippen LogP contribution in [-0.2, 0) is 9.59 Å². The number of urea groups is 1. The van der Waals surface area contributed by atoms with E-state index in [-0.39, 0.29) is 17.7 Å². The summed E-state index contributed by atoms with van der Waals surface area (Å²) in [6, 6.07) is 4.65. The van der Waals surface area contributed by atoms with Crippen molar-refractivity contribution >= 4 is 29.3 Å². The molecule has 0 unspecified atom stereocenters. The van der Waals surface area contributed by atoms with Crippen LogP contribution in [0, 0.1) is 11.8 Å². The fourth-order valence-electron chi connectivity index (χ4n) is 2.82. The minimum Gasteiger partial charge on any atom is -0.480 e. The highest BCUT2D eigenvalue weighted by atomic mass is 16.4. The molecule has 1 aliphatic rings. The maximum absolute atomic E-state index is 12.8. The van der Waals surface area contributed by atoms with E-state index in [4.69, 9.17) is 0 Å². The molecule has 0 radical (unpaired) electrons. The van der Waals surface area contributed by atoms with Gasteiger partial charge in [0.05, 0.1) is 11.4 Å². The van der Waals surface area contributed by atoms with Crippen molar-refractivity contribution < 1.29 is 19.5 Å². The van der Waals surface area contributed by atoms with E-state index >= 15 is 0 Å². The Kier molecular flexibility index (Phi) is 5.11. The first-order valence-corrected chi connectivity index (χ1v) is 7.96. The van der Waals surface area contributed by atoms with Crippen LogP contribution in [0.4, 0.5) is 16.2 Å². The Morgan fingerprint density at radius 1 is 1.21 bits per heavy atom. The number of hydrogen-bond donors (Lipinski definition) is 3. The number of carboxylic acids is 1. The van der Waals surface area contributed by atoms with Crippen LogP contribution in [-0.4, -0.2) is 35.1 Å². The predicted octanol–water partition coefficient (Wildman–Crippen LogP) is 2.29. The smallest absolute Gasteiger partial charge is 0.326 e. The predicted molar refractivity (Wildman–Crippen MR) is 91.0 cm³/mol. The van der Waals surface area contributed by atoms with Gasteiger partial charge in [-0.25, -0.2) is 9.59 Å². The number of carbonyl (C=O) groups excluding carboxylic acids is 2. The van der Waals surface area contributed by atoms with Gasteiger partial charge < -0.3 is 15.7 Å². The summed E-state index contributed by atoms with van der Waals surface area (Å²) in [5, 5.41) is 14.6. The van der Waals surface area contributed by atoms with Crippen LogP contribution in [0.5, 0.6) is 0 Å². The van der Waals surface area contributed by atoms with Gasteiger partial charge in [0.2, 0.25) is 5.91 Å². The maximum Gasteiger partial charge on any atom is 0.326 e. The van der Waals surface area contributed by atoms with Gasteiger partial charge in [-0.2, -0.15) is 0 Å². The maximum atomic E-state index is 12.8. The highest BCUT2D eigenvalue weighted by Gasteiger charge is 2.40. The van der Waals surface area contributed by atoms with Crippen LogP contribution in [0.2, 0.25) is 0 Å². The molecule has 130 valence electrons. The monoisotopic (exact) mass is 333 g/mol. The van der Waals surface area contributed by atoms with Crippen molar-refractivity contribution in [1.29, 1.82) is 0 Å². The Morgan fingerprint density at radius 3 is 2.38 bits per heavy atom. The standard InChI is InChI=1S/C17H23N3O4/c1-9(2)13(16(22)23)19-17(24)20-12-8-6-5-7-11(12)18-15(21)14(20)10(3)4/h5-10,13-14H,1-4H3,(H,18,21)(H,19,24)(H,22,23)/t13-,14-/m1/s1. The molecule has 3 amide bonds. The summed E-state index contributed by atoms with van der Waals surface area (Å²) in [4.78, 5) is 38.0. The molecule has 0 aliphatic carbocycles. The van der Waals surface area contributed by atoms with E-state index in [9.17, 15) is 19.5 Å². The number of fused-ring (bicyclic) bond motifs is 1. The third-order valence-corrected chi connectivity index (χ3v) is 4.03. The normalized spacial score (nSPS) is 18.2. The average molecular weight is 333 g/mol. The number of rotatable bonds is 4. The highest BCUT2D eigenvalue weighted by Crippen LogP contribution is 2.34. The third kappa shape index (κ3) is 3.34. The van der Waals surface area contributed by atoms with Gasteiger partial charge in [-0.1, -0.05) is 39.8 Å². The van der Waals surface area contributed by atoms with Crippen LogP contribution in [0.3, 0.4) is 0 Å². The topological polar surface area (TPSA) is 98.7 Å². The Morgan fingerprint density at radius 2 is 1.83 bits per heavy atom. The molecule has 2 atom stereocenters. The molecule has 7 nitrogen and oxygen atoms in total. The summed E-state index contributed by atoms with van der Waals surface area (Å²) in [6.45, 7) is 7.12. The highest BCUT2D eigenvalue weighted by molar-refractivity contribution is 6.12. The molecular formula is C17H23N3O4. The van der Waals surface area contributed by atoms with E-state index in [0.29, 0.717) is 11.4 Å². The zero-order valence-corrected chi connectivity index (χ0v) is 14.2. The van der Waals surface area contributed by atoms with Gasteiger partial charge in [0.1, 0.15) is 12.1 Å². The van der Waals surface area contributed by atoms with Crippen molar-refractivity contribution in [3.05, 3.63) is 24.3 Å². The SMILES string of the molecule is CC(C)[C@@H](NC(=O)N1c2ccccc2NC(=O)[C@H]1C(C)C)C(=O)O. The lowest BCUT2D eigenvalue weighted by molar-refractivity contribution is -0.140. The molecule has 0 aromatic heterocycles. The van der Waals surface area contributed by atoms with Gasteiger partial charge in [0, 0.05) is 0 Å². The van der Waals surface area contributed by atoms with Gasteiger partial charge in [0.25, 0.3) is 0 Å². The first-order valence-electron chi connectivity index (χ1n) is 7.96. The Bertz CT molecular complexity index is 657. The van der Waals surface area contributed by atoms with Gasteiger partial charge in [0.15, 0.2) is 0 Å². The second kappa shape index (κ2) is 6.90. The first kappa shape index (κ1) is 17.8. The van der Waals surface area contributed by atoms with E-state index in [1.165, 1.54) is 4.90 Å². The van der Waals surface area contributed by atoms with Crippen LogP contribution in [0.25, 0.3) is 0 Å². The molecular weight excluding hydrogens is 310 g/mol. The van der Waals surface area contributed by atoms with Crippen molar-refractivity contribution in [3.63, 3.8) is 0 Å². The minimum absolute atomic E-state index is 0.133. The number of amides is 3. The number of carboxylic acid groups (broad SMARTS) is 1. The van der Waals surface area contributed by atoms with Crippen LogP contribution < -0.4 is 15.5 Å². The molecule has 3 N–H and O–H groups in total. The quantitative estimate of drug-likeness (QED) is 0.787. The number of nitrogens with zero attached hydrogens (tertiary/aromatic N) is 1. The number of anilines is 2. The lowest BCUT2D eigenvalue weighted by Crippen LogP contribution is -2.59. The zero-order valence-electron chi connectivity index (χ0n) is 14.2. The van der Waals surface area contributed by atoms with Crippen molar-refractivity contribution in [2.45, 2.75) is 39.8 Å². The molecule has 7 heteroatoms. The number of benzene rings is 1. The van der Waals surface area contributed by atoms with Crippen molar-refractivity contribution in [3.8, 4) is 0 Å². The summed E-state index contributed by atoms with van der Waals surface area (Å²) >= 11 is 0. The van der Waals surface area contributed by atoms with E-state index < -0.39 is 24.1 Å². The molecule has 0 fully saturated rings. The van der Waals surface area contributed by atoms with E-state index in [2.05, 4.69) is 10.6 Å². The summed E-state index contributed by atoms with van der Waals surface area (Å²) < 4.78 is 0. The second-order valence-corrected chi connectivity index (χ2v) is 6.57. The second-order valence-electron chi connectivity index (χ2n) is 6.57. The first-order chi connectivity index (χ1) is 11.2. The van der Waals surface area contributed by atoms with E-state index in [0.717, 1.165) is 0 Å². The average Bonchev–Trinajstić information content (AvgIpc) is 2.49. The molecule has 0 saturated carbocycles. The molecule has 1 aliphatic heterocycles. The van der Waals surface area contributed by atoms with Gasteiger partial charge in [-0.05, 0) is 24.0 Å². The van der Waals surface area contributed by atoms with Crippen LogP contribution >= 0.6 is 0 Å². The number of aliphatic carboxylic acids is 1. The van der Waals surface area contributed by atoms with Crippen LogP contribution in [0.1, 0.15) is 27.7 Å². The lowest BCUT2D eigenvalue weighted by atomic mass is 9.97. The summed E-state index contributed by atoms with van der Waals surface area (Å²) in [6.07, 6.45) is 0. The number of nitrogens with one attached hydrogen (secondary N) is 2. The summed E-state index contributed by atoms with van der Waals surface area (Å²) in [7, 11) is 0. The minimum atomic E-state index is -1.10. The Hall–Kier alpha value is -2.57. The van der Waals surface area contributed by atoms with Gasteiger partial charge in [-0.3, -0.25) is 9.69 Å². The van der Waals surface area contributed by atoms with Gasteiger partial charge in [-0.15, -0.1) is 0 Å². The number of carbonyl (C=O) groups is 3. The van der Waals surface area contributed by atoms with Crippen molar-refractivity contribution in [2.24, 2.45) is 11.8 Å². The zero-order chi connectivity index (χ0) is 18.0. The number of para-hydroxylation sites is 2. The van der Waals surface area contributed by atoms with Crippen LogP contribution in [0.15, 0.2) is 24.3 Å². The van der Waals surface area contributed by atoms with E-state index in [1.807, 2.05) is 13.8 Å². The van der Waals surface area contributed by atoms with E-state index in [1.54, 1.807) is 38.1 Å². The Labute approximate surface area is 141 Å². The molecule has 24 heavy (non-hydrogen) atoms.